The molecule has 1 aromatic heterocycles. The Labute approximate surface area is 173 Å². The van der Waals surface area contributed by atoms with Crippen molar-refractivity contribution in [1.29, 1.82) is 0 Å². The van der Waals surface area contributed by atoms with Crippen LogP contribution in [0.5, 0.6) is 11.5 Å². The summed E-state index contributed by atoms with van der Waals surface area (Å²) in [6.07, 6.45) is 0.843. The zero-order valence-corrected chi connectivity index (χ0v) is 17.3. The molecule has 0 bridgehead atoms. The molecule has 152 valence electrons. The van der Waals surface area contributed by atoms with Crippen LogP contribution >= 0.6 is 11.8 Å². The SMILES string of the molecule is CCc1ccccc1NC(=O)CSc1nnc(-c2ccc(OC)c(OC)c2)n1N. The fraction of sp³-hybridized carbons (Fsp3) is 0.250. The minimum absolute atomic E-state index is 0.133. The monoisotopic (exact) mass is 413 g/mol. The summed E-state index contributed by atoms with van der Waals surface area (Å²) < 4.78 is 11.9. The number of rotatable bonds is 8. The molecule has 0 unspecified atom stereocenters. The summed E-state index contributed by atoms with van der Waals surface area (Å²) in [5, 5.41) is 11.6. The number of ether oxygens (including phenoxy) is 2. The molecule has 0 aliphatic heterocycles. The Hall–Kier alpha value is -3.20. The van der Waals surface area contributed by atoms with E-state index in [9.17, 15) is 4.79 Å². The van der Waals surface area contributed by atoms with Crippen molar-refractivity contribution in [2.75, 3.05) is 31.1 Å². The Bertz CT molecular complexity index is 1010. The molecule has 0 aliphatic rings. The lowest BCUT2D eigenvalue weighted by molar-refractivity contribution is -0.113. The van der Waals surface area contributed by atoms with Gasteiger partial charge in [-0.2, -0.15) is 0 Å². The van der Waals surface area contributed by atoms with Gasteiger partial charge in [-0.05, 0) is 36.2 Å². The van der Waals surface area contributed by atoms with Crippen LogP contribution in [-0.2, 0) is 11.2 Å². The Morgan fingerprint density at radius 3 is 2.62 bits per heavy atom. The Morgan fingerprint density at radius 1 is 1.14 bits per heavy atom. The van der Waals surface area contributed by atoms with Crippen LogP contribution in [0.1, 0.15) is 12.5 Å². The van der Waals surface area contributed by atoms with Crippen molar-refractivity contribution in [3.8, 4) is 22.9 Å². The van der Waals surface area contributed by atoms with Gasteiger partial charge in [0.05, 0.1) is 20.0 Å². The number of benzene rings is 2. The van der Waals surface area contributed by atoms with Crippen molar-refractivity contribution in [1.82, 2.24) is 14.9 Å². The van der Waals surface area contributed by atoms with Gasteiger partial charge in [-0.1, -0.05) is 36.9 Å². The Morgan fingerprint density at radius 2 is 1.90 bits per heavy atom. The molecule has 0 aliphatic carbocycles. The average Bonchev–Trinajstić information content (AvgIpc) is 3.12. The number of nitrogens with zero attached hydrogens (tertiary/aromatic N) is 3. The minimum Gasteiger partial charge on any atom is -0.493 e. The van der Waals surface area contributed by atoms with Gasteiger partial charge < -0.3 is 20.6 Å². The summed E-state index contributed by atoms with van der Waals surface area (Å²) in [7, 11) is 3.13. The molecule has 9 heteroatoms. The lowest BCUT2D eigenvalue weighted by Crippen LogP contribution is -2.17. The molecule has 3 N–H and O–H groups in total. The van der Waals surface area contributed by atoms with Gasteiger partial charge in [-0.3, -0.25) is 4.79 Å². The number of carbonyl (C=O) groups is 1. The van der Waals surface area contributed by atoms with E-state index >= 15 is 0 Å². The van der Waals surface area contributed by atoms with Gasteiger partial charge in [0.25, 0.3) is 0 Å². The number of para-hydroxylation sites is 1. The normalized spacial score (nSPS) is 10.6. The molecule has 3 rings (SSSR count). The third kappa shape index (κ3) is 4.62. The number of thioether (sulfide) groups is 1. The molecule has 0 spiro atoms. The van der Waals surface area contributed by atoms with Crippen LogP contribution in [0.3, 0.4) is 0 Å². The lowest BCUT2D eigenvalue weighted by atomic mass is 10.1. The predicted molar refractivity (Wildman–Crippen MR) is 114 cm³/mol. The zero-order chi connectivity index (χ0) is 20.8. The zero-order valence-electron chi connectivity index (χ0n) is 16.5. The standard InChI is InChI=1S/C20H23N5O3S/c1-4-13-7-5-6-8-15(13)22-18(26)12-29-20-24-23-19(25(20)21)14-9-10-16(27-2)17(11-14)28-3/h5-11H,4,12,21H2,1-3H3,(H,22,26). The summed E-state index contributed by atoms with van der Waals surface area (Å²) in [5.74, 6) is 7.82. The van der Waals surface area contributed by atoms with E-state index in [-0.39, 0.29) is 11.7 Å². The van der Waals surface area contributed by atoms with Crippen molar-refractivity contribution in [2.45, 2.75) is 18.5 Å². The van der Waals surface area contributed by atoms with Crippen molar-refractivity contribution >= 4 is 23.4 Å². The Balaban J connectivity index is 1.69. The van der Waals surface area contributed by atoms with E-state index in [0.29, 0.717) is 22.5 Å². The first kappa shape index (κ1) is 20.5. The van der Waals surface area contributed by atoms with E-state index in [1.165, 1.54) is 16.4 Å². The molecule has 2 aromatic carbocycles. The maximum Gasteiger partial charge on any atom is 0.234 e. The van der Waals surface area contributed by atoms with Crippen LogP contribution in [0.15, 0.2) is 47.6 Å². The molecule has 0 saturated carbocycles. The van der Waals surface area contributed by atoms with Gasteiger partial charge in [0.15, 0.2) is 17.3 Å². The van der Waals surface area contributed by atoms with Crippen LogP contribution in [-0.4, -0.2) is 40.8 Å². The van der Waals surface area contributed by atoms with Crippen molar-refractivity contribution in [3.05, 3.63) is 48.0 Å². The van der Waals surface area contributed by atoms with Crippen LogP contribution in [0.4, 0.5) is 5.69 Å². The highest BCUT2D eigenvalue weighted by atomic mass is 32.2. The number of hydrogen-bond donors (Lipinski definition) is 2. The molecule has 3 aromatic rings. The van der Waals surface area contributed by atoms with Crippen molar-refractivity contribution in [3.63, 3.8) is 0 Å². The molecule has 29 heavy (non-hydrogen) atoms. The number of carbonyl (C=O) groups excluding carboxylic acids is 1. The van der Waals surface area contributed by atoms with E-state index in [4.69, 9.17) is 15.3 Å². The molecule has 0 atom stereocenters. The molecule has 1 amide bonds. The summed E-state index contributed by atoms with van der Waals surface area (Å²) in [5.41, 5.74) is 2.63. The molecular formula is C20H23N5O3S. The quantitative estimate of drug-likeness (QED) is 0.432. The summed E-state index contributed by atoms with van der Waals surface area (Å²) in [4.78, 5) is 12.3. The van der Waals surface area contributed by atoms with E-state index in [0.717, 1.165) is 23.2 Å². The number of aryl methyl sites for hydroxylation is 1. The van der Waals surface area contributed by atoms with Crippen LogP contribution in [0.2, 0.25) is 0 Å². The number of nitrogens with two attached hydrogens (primary N) is 1. The van der Waals surface area contributed by atoms with Gasteiger partial charge in [0.2, 0.25) is 11.1 Å². The molecule has 0 fully saturated rings. The molecule has 0 radical (unpaired) electrons. The van der Waals surface area contributed by atoms with E-state index in [2.05, 4.69) is 15.5 Å². The van der Waals surface area contributed by atoms with Crippen molar-refractivity contribution in [2.24, 2.45) is 0 Å². The maximum atomic E-state index is 12.3. The highest BCUT2D eigenvalue weighted by molar-refractivity contribution is 7.99. The number of nitrogens with one attached hydrogen (secondary N) is 1. The first-order valence-electron chi connectivity index (χ1n) is 9.00. The van der Waals surface area contributed by atoms with Crippen LogP contribution in [0.25, 0.3) is 11.4 Å². The van der Waals surface area contributed by atoms with E-state index < -0.39 is 0 Å². The summed E-state index contributed by atoms with van der Waals surface area (Å²) in [6, 6.07) is 13.1. The number of nitrogen functional groups attached to an aromatic ring is 1. The largest absolute Gasteiger partial charge is 0.493 e. The maximum absolute atomic E-state index is 12.3. The first-order chi connectivity index (χ1) is 14.1. The third-order valence-electron chi connectivity index (χ3n) is 4.31. The molecule has 8 nitrogen and oxygen atoms in total. The van der Waals surface area contributed by atoms with Gasteiger partial charge in [-0.25, -0.2) is 4.68 Å². The van der Waals surface area contributed by atoms with Gasteiger partial charge >= 0.3 is 0 Å². The smallest absolute Gasteiger partial charge is 0.234 e. The number of methoxy groups -OCH3 is 2. The summed E-state index contributed by atoms with van der Waals surface area (Å²) >= 11 is 1.22. The highest BCUT2D eigenvalue weighted by Crippen LogP contribution is 2.32. The Kier molecular flexibility index (Phi) is 6.61. The van der Waals surface area contributed by atoms with E-state index in [1.807, 2.05) is 37.3 Å². The second-order valence-electron chi connectivity index (χ2n) is 6.09. The van der Waals surface area contributed by atoms with E-state index in [1.54, 1.807) is 26.4 Å². The van der Waals surface area contributed by atoms with Crippen LogP contribution in [0, 0.1) is 0 Å². The summed E-state index contributed by atoms with van der Waals surface area (Å²) in [6.45, 7) is 2.05. The van der Waals surface area contributed by atoms with Crippen LogP contribution < -0.4 is 20.6 Å². The lowest BCUT2D eigenvalue weighted by Gasteiger charge is -2.10. The van der Waals surface area contributed by atoms with Gasteiger partial charge in [-0.15, -0.1) is 10.2 Å². The minimum atomic E-state index is -0.133. The fourth-order valence-corrected chi connectivity index (χ4v) is 3.47. The van der Waals surface area contributed by atoms with Crippen molar-refractivity contribution < 1.29 is 14.3 Å². The number of aromatic nitrogens is 3. The highest BCUT2D eigenvalue weighted by Gasteiger charge is 2.16. The topological polar surface area (TPSA) is 104 Å². The average molecular weight is 414 g/mol. The fourth-order valence-electron chi connectivity index (χ4n) is 2.81. The van der Waals surface area contributed by atoms with Gasteiger partial charge in [0, 0.05) is 11.3 Å². The second kappa shape index (κ2) is 9.33. The second-order valence-corrected chi connectivity index (χ2v) is 7.04. The molecule has 0 saturated heterocycles. The predicted octanol–water partition coefficient (Wildman–Crippen LogP) is 2.97. The molecule has 1 heterocycles. The number of anilines is 1. The first-order valence-corrected chi connectivity index (χ1v) is 9.99. The third-order valence-corrected chi connectivity index (χ3v) is 5.25. The molecular weight excluding hydrogens is 390 g/mol. The van der Waals surface area contributed by atoms with Gasteiger partial charge in [0.1, 0.15) is 0 Å². The number of amides is 1. The number of hydrogen-bond acceptors (Lipinski definition) is 7.